The summed E-state index contributed by atoms with van der Waals surface area (Å²) in [5.41, 5.74) is 5.14. The van der Waals surface area contributed by atoms with Crippen molar-refractivity contribution in [2.75, 3.05) is 93.9 Å². The Balaban J connectivity index is 1.18. The van der Waals surface area contributed by atoms with Gasteiger partial charge in [0, 0.05) is 71.4 Å². The van der Waals surface area contributed by atoms with Crippen LogP contribution in [-0.2, 0) is 16.0 Å². The molecule has 0 bridgehead atoms. The van der Waals surface area contributed by atoms with Gasteiger partial charge in [-0.1, -0.05) is 91.0 Å². The van der Waals surface area contributed by atoms with E-state index in [4.69, 9.17) is 18.9 Å². The number of amides is 2. The van der Waals surface area contributed by atoms with Gasteiger partial charge in [-0.25, -0.2) is 0 Å². The lowest BCUT2D eigenvalue weighted by atomic mass is 9.65. The number of hydrogen-bond donors (Lipinski definition) is 0. The number of piperazine rings is 2. The molecule has 10 nitrogen and oxygen atoms in total. The van der Waals surface area contributed by atoms with Crippen LogP contribution in [0, 0.1) is 11.8 Å². The van der Waals surface area contributed by atoms with Crippen molar-refractivity contribution in [3.8, 4) is 23.0 Å². The Morgan fingerprint density at radius 3 is 1.57 bits per heavy atom. The Kier molecular flexibility index (Phi) is 13.5. The minimum Gasteiger partial charge on any atom is -0.493 e. The van der Waals surface area contributed by atoms with Crippen molar-refractivity contribution in [2.45, 2.75) is 12.3 Å². The molecule has 3 aliphatic rings. The Morgan fingerprint density at radius 1 is 0.569 bits per heavy atom. The van der Waals surface area contributed by atoms with E-state index in [1.54, 1.807) is 28.4 Å². The maximum absolute atomic E-state index is 15.3. The zero-order chi connectivity index (χ0) is 40.4. The molecular weight excluding hydrogens is 729 g/mol. The van der Waals surface area contributed by atoms with E-state index in [-0.39, 0.29) is 11.8 Å². The summed E-state index contributed by atoms with van der Waals surface area (Å²) in [6, 6.07) is 30.4. The number of nitrogens with zero attached hydrogens (tertiary/aromatic N) is 4. The summed E-state index contributed by atoms with van der Waals surface area (Å²) >= 11 is 0. The third-order valence-electron chi connectivity index (χ3n) is 11.9. The van der Waals surface area contributed by atoms with Crippen LogP contribution in [0.1, 0.15) is 33.7 Å². The number of rotatable bonds is 13. The van der Waals surface area contributed by atoms with Crippen molar-refractivity contribution in [3.63, 3.8) is 0 Å². The van der Waals surface area contributed by atoms with Crippen LogP contribution in [0.4, 0.5) is 0 Å². The van der Waals surface area contributed by atoms with E-state index < -0.39 is 17.8 Å². The van der Waals surface area contributed by atoms with Crippen LogP contribution < -0.4 is 18.9 Å². The van der Waals surface area contributed by atoms with Crippen LogP contribution in [-0.4, -0.2) is 125 Å². The van der Waals surface area contributed by atoms with E-state index >= 15 is 9.59 Å². The largest absolute Gasteiger partial charge is 0.493 e. The van der Waals surface area contributed by atoms with E-state index in [0.29, 0.717) is 55.6 Å². The molecule has 0 aromatic heterocycles. The molecule has 4 aromatic carbocycles. The molecule has 10 heteroatoms. The normalized spacial score (nSPS) is 20.2. The molecule has 0 spiro atoms. The second kappa shape index (κ2) is 19.2. The lowest BCUT2D eigenvalue weighted by molar-refractivity contribution is -0.149. The summed E-state index contributed by atoms with van der Waals surface area (Å²) in [7, 11) is 6.48. The summed E-state index contributed by atoms with van der Waals surface area (Å²) in [6.07, 6.45) is 9.08. The first-order valence-corrected chi connectivity index (χ1v) is 20.3. The molecule has 3 unspecified atom stereocenters. The van der Waals surface area contributed by atoms with E-state index in [0.717, 1.165) is 56.0 Å². The van der Waals surface area contributed by atoms with Crippen LogP contribution in [0.25, 0.3) is 12.2 Å². The minimum absolute atomic E-state index is 0.00253. The molecule has 58 heavy (non-hydrogen) atoms. The number of ether oxygens (including phenoxy) is 4. The van der Waals surface area contributed by atoms with Gasteiger partial charge in [-0.15, -0.1) is 0 Å². The number of hydrogen-bond acceptors (Lipinski definition) is 8. The molecule has 304 valence electrons. The minimum atomic E-state index is -0.660. The van der Waals surface area contributed by atoms with E-state index in [2.05, 4.69) is 58.4 Å². The zero-order valence-electron chi connectivity index (χ0n) is 34.2. The fourth-order valence-electron chi connectivity index (χ4n) is 8.73. The third kappa shape index (κ3) is 9.24. The molecule has 3 atom stereocenters. The van der Waals surface area contributed by atoms with Gasteiger partial charge in [-0.05, 0) is 58.5 Å². The first-order chi connectivity index (χ1) is 28.4. The highest BCUT2D eigenvalue weighted by Crippen LogP contribution is 2.49. The van der Waals surface area contributed by atoms with Crippen molar-refractivity contribution < 1.29 is 28.5 Å². The summed E-state index contributed by atoms with van der Waals surface area (Å²) in [5.74, 6) is 0.655. The van der Waals surface area contributed by atoms with Crippen LogP contribution in [0.15, 0.2) is 103 Å². The molecule has 2 heterocycles. The van der Waals surface area contributed by atoms with Crippen LogP contribution in [0.3, 0.4) is 0 Å². The number of carbonyl (C=O) groups is 2. The van der Waals surface area contributed by atoms with Gasteiger partial charge in [-0.2, -0.15) is 0 Å². The molecule has 2 saturated heterocycles. The summed E-state index contributed by atoms with van der Waals surface area (Å²) in [4.78, 5) is 39.0. The summed E-state index contributed by atoms with van der Waals surface area (Å²) in [5, 5.41) is 0. The third-order valence-corrected chi connectivity index (χ3v) is 11.9. The quantitative estimate of drug-likeness (QED) is 0.155. The number of carbonyl (C=O) groups excluding carboxylic acids is 2. The molecule has 2 amide bonds. The maximum Gasteiger partial charge on any atom is 0.227 e. The average Bonchev–Trinajstić information content (AvgIpc) is 3.28. The topological polar surface area (TPSA) is 84.0 Å². The highest BCUT2D eigenvalue weighted by molar-refractivity contribution is 5.90. The first-order valence-electron chi connectivity index (χ1n) is 20.3. The van der Waals surface area contributed by atoms with Crippen molar-refractivity contribution in [2.24, 2.45) is 11.8 Å². The fraction of sp³-hybridized carbons (Fsp3) is 0.375. The number of benzene rings is 4. The second-order valence-corrected chi connectivity index (χ2v) is 15.2. The fourth-order valence-corrected chi connectivity index (χ4v) is 8.73. The average molecular weight is 785 g/mol. The predicted molar refractivity (Wildman–Crippen MR) is 229 cm³/mol. The standard InChI is InChI=1S/C48H56N4O6/c1-55-41-20-19-37(32-42(41)56-2)45-39-34-44(58-4)43(57-3)33-38(39)31-40(47(53)51-27-23-49(24-28-51)21-11-17-35-13-7-5-8-14-35)46(45)48(54)52-29-25-50(26-30-52)22-12-18-36-15-9-6-10-16-36/h5-20,32-34,40,45-46H,21-31H2,1-4H3/b17-11+,18-12+. The maximum atomic E-state index is 15.3. The van der Waals surface area contributed by atoms with E-state index in [1.165, 1.54) is 11.1 Å². The predicted octanol–water partition coefficient (Wildman–Crippen LogP) is 6.36. The number of methoxy groups -OCH3 is 4. The van der Waals surface area contributed by atoms with Crippen molar-refractivity contribution in [3.05, 3.63) is 131 Å². The molecule has 0 N–H and O–H groups in total. The molecule has 4 aromatic rings. The smallest absolute Gasteiger partial charge is 0.227 e. The Hall–Kier alpha value is -5.58. The van der Waals surface area contributed by atoms with Gasteiger partial charge >= 0.3 is 0 Å². The molecule has 0 radical (unpaired) electrons. The van der Waals surface area contributed by atoms with Gasteiger partial charge in [-0.3, -0.25) is 19.4 Å². The molecule has 2 aliphatic heterocycles. The highest BCUT2D eigenvalue weighted by atomic mass is 16.5. The molecule has 2 fully saturated rings. The lowest BCUT2D eigenvalue weighted by Crippen LogP contribution is -2.56. The first kappa shape index (κ1) is 40.6. The summed E-state index contributed by atoms with van der Waals surface area (Å²) < 4.78 is 23.0. The molecule has 1 aliphatic carbocycles. The molecule has 0 saturated carbocycles. The van der Waals surface area contributed by atoms with Gasteiger partial charge in [0.1, 0.15) is 0 Å². The Labute approximate surface area is 343 Å². The van der Waals surface area contributed by atoms with Crippen LogP contribution in [0.2, 0.25) is 0 Å². The van der Waals surface area contributed by atoms with Gasteiger partial charge in [0.2, 0.25) is 11.8 Å². The van der Waals surface area contributed by atoms with Crippen molar-refractivity contribution in [1.82, 2.24) is 19.6 Å². The van der Waals surface area contributed by atoms with Gasteiger partial charge in [0.15, 0.2) is 23.0 Å². The van der Waals surface area contributed by atoms with Gasteiger partial charge in [0.25, 0.3) is 0 Å². The summed E-state index contributed by atoms with van der Waals surface area (Å²) in [6.45, 7) is 7.01. The van der Waals surface area contributed by atoms with Gasteiger partial charge < -0.3 is 28.7 Å². The Morgan fingerprint density at radius 2 is 1.05 bits per heavy atom. The van der Waals surface area contributed by atoms with Crippen molar-refractivity contribution in [1.29, 1.82) is 0 Å². The van der Waals surface area contributed by atoms with Gasteiger partial charge in [0.05, 0.1) is 40.3 Å². The van der Waals surface area contributed by atoms with Crippen molar-refractivity contribution >= 4 is 24.0 Å². The Bertz CT molecular complexity index is 2060. The van der Waals surface area contributed by atoms with E-state index in [9.17, 15) is 0 Å². The monoisotopic (exact) mass is 784 g/mol. The molecule has 7 rings (SSSR count). The SMILES string of the molecule is COc1ccc(C2c3cc(OC)c(OC)cc3CC(C(=O)N3CCN(C/C=C/c4ccccc4)CC3)C2C(=O)N2CCN(C/C=C/c3ccccc3)CC2)cc1OC. The zero-order valence-corrected chi connectivity index (χ0v) is 34.2. The number of fused-ring (bicyclic) bond motifs is 1. The second-order valence-electron chi connectivity index (χ2n) is 15.2. The van der Waals surface area contributed by atoms with E-state index in [1.807, 2.05) is 76.5 Å². The van der Waals surface area contributed by atoms with Crippen LogP contribution in [0.5, 0.6) is 23.0 Å². The van der Waals surface area contributed by atoms with Crippen LogP contribution >= 0.6 is 0 Å². The highest BCUT2D eigenvalue weighted by Gasteiger charge is 2.48. The molecular formula is C48H56N4O6. The lowest BCUT2D eigenvalue weighted by Gasteiger charge is -2.45.